The van der Waals surface area contributed by atoms with Gasteiger partial charge in [0.2, 0.25) is 0 Å². The van der Waals surface area contributed by atoms with Crippen LogP contribution < -0.4 is 4.74 Å². The van der Waals surface area contributed by atoms with Gasteiger partial charge in [0.1, 0.15) is 5.75 Å². The number of hydrogen-bond donors (Lipinski definition) is 0. The Kier molecular flexibility index (Phi) is 1.98. The van der Waals surface area contributed by atoms with Crippen molar-refractivity contribution in [1.29, 1.82) is 0 Å². The van der Waals surface area contributed by atoms with Crippen molar-refractivity contribution in [3.05, 3.63) is 29.8 Å². The highest BCUT2D eigenvalue weighted by Gasteiger charge is 2.20. The largest absolute Gasteiger partial charge is 0.497 e. The quantitative estimate of drug-likeness (QED) is 0.669. The highest BCUT2D eigenvalue weighted by atomic mass is 16.8. The summed E-state index contributed by atoms with van der Waals surface area (Å²) in [5, 5.41) is 0. The molecule has 3 nitrogen and oxygen atoms in total. The second-order valence-corrected chi connectivity index (χ2v) is 2.56. The third kappa shape index (κ3) is 1.29. The minimum Gasteiger partial charge on any atom is -0.497 e. The van der Waals surface area contributed by atoms with Gasteiger partial charge >= 0.3 is 0 Å². The van der Waals surface area contributed by atoms with Gasteiger partial charge in [0, 0.05) is 5.56 Å². The van der Waals surface area contributed by atoms with E-state index in [1.165, 1.54) is 0 Å². The molecule has 3 heteroatoms. The van der Waals surface area contributed by atoms with Crippen LogP contribution in [0.15, 0.2) is 24.3 Å². The third-order valence-electron chi connectivity index (χ3n) is 1.83. The highest BCUT2D eigenvalue weighted by Crippen LogP contribution is 2.27. The lowest BCUT2D eigenvalue weighted by Crippen LogP contribution is -2.21. The van der Waals surface area contributed by atoms with Crippen LogP contribution in [0.1, 0.15) is 11.9 Å². The molecule has 0 N–H and O–H groups in total. The average Bonchev–Trinajstić information content (AvgIpc) is 2.03. The predicted molar refractivity (Wildman–Crippen MR) is 42.8 cm³/mol. The first-order valence-electron chi connectivity index (χ1n) is 3.77. The SMILES string of the molecule is COc1ccc(C2OCO2)cc1. The lowest BCUT2D eigenvalue weighted by molar-refractivity contribution is -0.326. The molecule has 0 radical (unpaired) electrons. The van der Waals surface area contributed by atoms with Crippen LogP contribution in [0.25, 0.3) is 0 Å². The molecule has 2 rings (SSSR count). The molecule has 0 amide bonds. The van der Waals surface area contributed by atoms with Crippen LogP contribution in [0.5, 0.6) is 5.75 Å². The first kappa shape index (κ1) is 7.58. The average molecular weight is 166 g/mol. The molecular formula is C9H10O3. The van der Waals surface area contributed by atoms with E-state index in [4.69, 9.17) is 14.2 Å². The van der Waals surface area contributed by atoms with Gasteiger partial charge in [-0.15, -0.1) is 0 Å². The zero-order valence-corrected chi connectivity index (χ0v) is 6.82. The fourth-order valence-electron chi connectivity index (χ4n) is 1.09. The molecule has 1 aromatic carbocycles. The van der Waals surface area contributed by atoms with E-state index in [0.717, 1.165) is 11.3 Å². The molecule has 12 heavy (non-hydrogen) atoms. The molecule has 1 aromatic rings. The van der Waals surface area contributed by atoms with Crippen LogP contribution in [0.4, 0.5) is 0 Å². The molecule has 0 saturated carbocycles. The Morgan fingerprint density at radius 3 is 2.33 bits per heavy atom. The number of methoxy groups -OCH3 is 1. The van der Waals surface area contributed by atoms with Gasteiger partial charge in [-0.3, -0.25) is 0 Å². The summed E-state index contributed by atoms with van der Waals surface area (Å²) in [6.45, 7) is 0.399. The summed E-state index contributed by atoms with van der Waals surface area (Å²) in [6, 6.07) is 7.64. The summed E-state index contributed by atoms with van der Waals surface area (Å²) in [5.74, 6) is 0.845. The molecular weight excluding hydrogens is 156 g/mol. The Morgan fingerprint density at radius 1 is 1.25 bits per heavy atom. The molecule has 0 aliphatic carbocycles. The van der Waals surface area contributed by atoms with Gasteiger partial charge in [0.05, 0.1) is 7.11 Å². The van der Waals surface area contributed by atoms with Gasteiger partial charge in [0.15, 0.2) is 13.1 Å². The Morgan fingerprint density at radius 2 is 1.92 bits per heavy atom. The minimum atomic E-state index is -0.170. The summed E-state index contributed by atoms with van der Waals surface area (Å²) in [6.07, 6.45) is -0.170. The second kappa shape index (κ2) is 3.13. The maximum Gasteiger partial charge on any atom is 0.189 e. The maximum atomic E-state index is 5.13. The maximum absolute atomic E-state index is 5.13. The van der Waals surface area contributed by atoms with Gasteiger partial charge in [-0.1, -0.05) is 12.1 Å². The summed E-state index contributed by atoms with van der Waals surface area (Å²) in [4.78, 5) is 0. The Balaban J connectivity index is 2.13. The molecule has 1 heterocycles. The fourth-order valence-corrected chi connectivity index (χ4v) is 1.09. The van der Waals surface area contributed by atoms with Crippen molar-refractivity contribution in [1.82, 2.24) is 0 Å². The number of benzene rings is 1. The van der Waals surface area contributed by atoms with Crippen LogP contribution in [0, 0.1) is 0 Å². The van der Waals surface area contributed by atoms with Gasteiger partial charge in [-0.25, -0.2) is 0 Å². The molecule has 1 aliphatic heterocycles. The number of hydrogen-bond acceptors (Lipinski definition) is 3. The van der Waals surface area contributed by atoms with E-state index < -0.39 is 0 Å². The van der Waals surface area contributed by atoms with Crippen LogP contribution in [0.2, 0.25) is 0 Å². The van der Waals surface area contributed by atoms with Gasteiger partial charge in [-0.2, -0.15) is 0 Å². The number of ether oxygens (including phenoxy) is 3. The van der Waals surface area contributed by atoms with Crippen molar-refractivity contribution in [2.75, 3.05) is 13.9 Å². The van der Waals surface area contributed by atoms with Crippen molar-refractivity contribution in [3.8, 4) is 5.75 Å². The predicted octanol–water partition coefficient (Wildman–Crippen LogP) is 1.70. The molecule has 0 unspecified atom stereocenters. The molecule has 0 bridgehead atoms. The summed E-state index contributed by atoms with van der Waals surface area (Å²) in [5.41, 5.74) is 1.03. The second-order valence-electron chi connectivity index (χ2n) is 2.56. The topological polar surface area (TPSA) is 27.7 Å². The Bertz CT molecular complexity index is 251. The lowest BCUT2D eigenvalue weighted by Gasteiger charge is -2.26. The molecule has 1 saturated heterocycles. The van der Waals surface area contributed by atoms with Gasteiger partial charge < -0.3 is 14.2 Å². The third-order valence-corrected chi connectivity index (χ3v) is 1.83. The monoisotopic (exact) mass is 166 g/mol. The van der Waals surface area contributed by atoms with Crippen LogP contribution >= 0.6 is 0 Å². The molecule has 0 spiro atoms. The lowest BCUT2D eigenvalue weighted by atomic mass is 10.2. The minimum absolute atomic E-state index is 0.170. The summed E-state index contributed by atoms with van der Waals surface area (Å²) >= 11 is 0. The van der Waals surface area contributed by atoms with Gasteiger partial charge in [-0.05, 0) is 12.1 Å². The number of rotatable bonds is 2. The van der Waals surface area contributed by atoms with Crippen molar-refractivity contribution in [2.24, 2.45) is 0 Å². The van der Waals surface area contributed by atoms with E-state index in [1.54, 1.807) is 7.11 Å². The van der Waals surface area contributed by atoms with Crippen molar-refractivity contribution in [3.63, 3.8) is 0 Å². The highest BCUT2D eigenvalue weighted by molar-refractivity contribution is 5.28. The van der Waals surface area contributed by atoms with E-state index in [9.17, 15) is 0 Å². The summed E-state index contributed by atoms with van der Waals surface area (Å²) < 4.78 is 15.3. The van der Waals surface area contributed by atoms with E-state index in [0.29, 0.717) is 6.79 Å². The normalized spacial score (nSPS) is 17.1. The van der Waals surface area contributed by atoms with Crippen molar-refractivity contribution < 1.29 is 14.2 Å². The Hall–Kier alpha value is -1.06. The molecule has 1 aliphatic rings. The van der Waals surface area contributed by atoms with Crippen molar-refractivity contribution in [2.45, 2.75) is 6.29 Å². The standard InChI is InChI=1S/C9H10O3/c1-10-8-4-2-7(3-5-8)9-11-6-12-9/h2-5,9H,6H2,1H3. The van der Waals surface area contributed by atoms with Crippen LogP contribution in [-0.2, 0) is 9.47 Å². The summed E-state index contributed by atoms with van der Waals surface area (Å²) in [7, 11) is 1.64. The Labute approximate surface area is 70.9 Å². The van der Waals surface area contributed by atoms with E-state index in [-0.39, 0.29) is 6.29 Å². The first-order chi connectivity index (χ1) is 5.90. The zero-order valence-electron chi connectivity index (χ0n) is 6.82. The van der Waals surface area contributed by atoms with Crippen LogP contribution in [0.3, 0.4) is 0 Å². The van der Waals surface area contributed by atoms with Gasteiger partial charge in [0.25, 0.3) is 0 Å². The molecule has 0 atom stereocenters. The zero-order chi connectivity index (χ0) is 8.39. The van der Waals surface area contributed by atoms with Crippen molar-refractivity contribution >= 4 is 0 Å². The van der Waals surface area contributed by atoms with Crippen LogP contribution in [-0.4, -0.2) is 13.9 Å². The molecule has 64 valence electrons. The molecule has 0 aromatic heterocycles. The van der Waals surface area contributed by atoms with E-state index in [1.807, 2.05) is 24.3 Å². The first-order valence-corrected chi connectivity index (χ1v) is 3.77. The smallest absolute Gasteiger partial charge is 0.189 e. The van der Waals surface area contributed by atoms with E-state index >= 15 is 0 Å². The van der Waals surface area contributed by atoms with E-state index in [2.05, 4.69) is 0 Å². The fraction of sp³-hybridized carbons (Fsp3) is 0.333. The molecule has 1 fully saturated rings.